The number of hydrogen-bond acceptors (Lipinski definition) is 3. The summed E-state index contributed by atoms with van der Waals surface area (Å²) in [5, 5.41) is 0. The average Bonchev–Trinajstić information content (AvgIpc) is 2.89. The highest BCUT2D eigenvalue weighted by Crippen LogP contribution is 2.36. The van der Waals surface area contributed by atoms with E-state index in [9.17, 15) is 0 Å². The molecule has 0 aliphatic carbocycles. The van der Waals surface area contributed by atoms with E-state index in [4.69, 9.17) is 25.8 Å². The van der Waals surface area contributed by atoms with E-state index in [2.05, 4.69) is 15.9 Å². The van der Waals surface area contributed by atoms with E-state index in [0.717, 1.165) is 48.3 Å². The molecule has 3 rings (SSSR count). The van der Waals surface area contributed by atoms with Gasteiger partial charge in [0.2, 0.25) is 0 Å². The SMILES string of the molecule is ClCc1ccc(OC2CCOC3(CCOC3)C2)c(Br)c1. The molecule has 2 aliphatic rings. The third-order valence-corrected chi connectivity index (χ3v) is 4.89. The molecule has 0 radical (unpaired) electrons. The van der Waals surface area contributed by atoms with Crippen LogP contribution in [0.2, 0.25) is 0 Å². The minimum Gasteiger partial charge on any atom is -0.489 e. The van der Waals surface area contributed by atoms with Gasteiger partial charge in [-0.05, 0) is 33.6 Å². The van der Waals surface area contributed by atoms with Crippen molar-refractivity contribution >= 4 is 27.5 Å². The maximum absolute atomic E-state index is 6.15. The zero-order valence-electron chi connectivity index (χ0n) is 11.2. The maximum atomic E-state index is 6.15. The molecule has 3 nitrogen and oxygen atoms in total. The minimum absolute atomic E-state index is 0.120. The zero-order chi connectivity index (χ0) is 14.0. The highest BCUT2D eigenvalue weighted by Gasteiger charge is 2.41. The van der Waals surface area contributed by atoms with E-state index in [1.165, 1.54) is 0 Å². The largest absolute Gasteiger partial charge is 0.489 e. The summed E-state index contributed by atoms with van der Waals surface area (Å²) < 4.78 is 18.5. The molecule has 2 saturated heterocycles. The van der Waals surface area contributed by atoms with Crippen LogP contribution in [0.5, 0.6) is 5.75 Å². The van der Waals surface area contributed by atoms with Gasteiger partial charge in [-0.15, -0.1) is 11.6 Å². The zero-order valence-corrected chi connectivity index (χ0v) is 13.6. The third-order valence-electron chi connectivity index (χ3n) is 3.96. The molecule has 0 aromatic heterocycles. The third kappa shape index (κ3) is 3.14. The van der Waals surface area contributed by atoms with E-state index in [0.29, 0.717) is 12.5 Å². The Labute approximate surface area is 132 Å². The first kappa shape index (κ1) is 14.6. The standard InChI is InChI=1S/C15H18BrClO3/c16-13-7-11(9-17)1-2-14(13)20-12-3-5-19-15(8-12)4-6-18-10-15/h1-2,7,12H,3-6,8-10H2. The second-order valence-corrected chi connectivity index (χ2v) is 6.59. The van der Waals surface area contributed by atoms with Crippen LogP contribution in [-0.4, -0.2) is 31.5 Å². The topological polar surface area (TPSA) is 27.7 Å². The van der Waals surface area contributed by atoms with Crippen LogP contribution in [0.4, 0.5) is 0 Å². The Bertz CT molecular complexity index is 474. The van der Waals surface area contributed by atoms with E-state index in [-0.39, 0.29) is 11.7 Å². The van der Waals surface area contributed by atoms with Gasteiger partial charge in [0, 0.05) is 31.7 Å². The Morgan fingerprint density at radius 3 is 3.00 bits per heavy atom. The van der Waals surface area contributed by atoms with E-state index >= 15 is 0 Å². The summed E-state index contributed by atoms with van der Waals surface area (Å²) in [5.74, 6) is 1.39. The number of ether oxygens (including phenoxy) is 3. The van der Waals surface area contributed by atoms with Gasteiger partial charge in [0.25, 0.3) is 0 Å². The van der Waals surface area contributed by atoms with Crippen LogP contribution >= 0.6 is 27.5 Å². The van der Waals surface area contributed by atoms with Gasteiger partial charge in [0.05, 0.1) is 23.3 Å². The Kier molecular flexibility index (Phi) is 4.55. The molecule has 0 N–H and O–H groups in total. The molecular weight excluding hydrogens is 344 g/mol. The molecule has 1 aromatic rings. The number of alkyl halides is 1. The molecule has 2 heterocycles. The number of hydrogen-bond donors (Lipinski definition) is 0. The van der Waals surface area contributed by atoms with Gasteiger partial charge in [-0.2, -0.15) is 0 Å². The van der Waals surface area contributed by atoms with Crippen LogP contribution in [0.1, 0.15) is 24.8 Å². The second kappa shape index (κ2) is 6.22. The Morgan fingerprint density at radius 1 is 1.40 bits per heavy atom. The molecule has 2 fully saturated rings. The lowest BCUT2D eigenvalue weighted by Gasteiger charge is -2.37. The first-order chi connectivity index (χ1) is 9.71. The highest BCUT2D eigenvalue weighted by molar-refractivity contribution is 9.10. The lowest BCUT2D eigenvalue weighted by atomic mass is 9.91. The lowest BCUT2D eigenvalue weighted by Crippen LogP contribution is -2.44. The van der Waals surface area contributed by atoms with Crippen molar-refractivity contribution < 1.29 is 14.2 Å². The summed E-state index contributed by atoms with van der Waals surface area (Å²) in [6, 6.07) is 5.99. The molecule has 2 unspecified atom stereocenters. The van der Waals surface area contributed by atoms with Crippen molar-refractivity contribution in [1.82, 2.24) is 0 Å². The fourth-order valence-corrected chi connectivity index (χ4v) is 3.54. The van der Waals surface area contributed by atoms with Gasteiger partial charge in [0.15, 0.2) is 0 Å². The molecule has 1 spiro atoms. The smallest absolute Gasteiger partial charge is 0.133 e. The van der Waals surface area contributed by atoms with Crippen LogP contribution < -0.4 is 4.74 Å². The fourth-order valence-electron chi connectivity index (χ4n) is 2.85. The summed E-state index contributed by atoms with van der Waals surface area (Å²) >= 11 is 9.38. The predicted molar refractivity (Wildman–Crippen MR) is 81.5 cm³/mol. The van der Waals surface area contributed by atoms with E-state index < -0.39 is 0 Å². The van der Waals surface area contributed by atoms with Crippen molar-refractivity contribution in [2.45, 2.75) is 36.8 Å². The fraction of sp³-hybridized carbons (Fsp3) is 0.600. The van der Waals surface area contributed by atoms with Gasteiger partial charge in [0.1, 0.15) is 11.9 Å². The Hall–Kier alpha value is -0.290. The van der Waals surface area contributed by atoms with Gasteiger partial charge in [-0.25, -0.2) is 0 Å². The van der Waals surface area contributed by atoms with Crippen molar-refractivity contribution in [3.63, 3.8) is 0 Å². The van der Waals surface area contributed by atoms with Crippen molar-refractivity contribution in [2.24, 2.45) is 0 Å². The Balaban J connectivity index is 1.68. The minimum atomic E-state index is -0.120. The van der Waals surface area contributed by atoms with Crippen LogP contribution in [0.15, 0.2) is 22.7 Å². The molecule has 20 heavy (non-hydrogen) atoms. The molecule has 0 amide bonds. The van der Waals surface area contributed by atoms with Crippen LogP contribution in [0, 0.1) is 0 Å². The maximum Gasteiger partial charge on any atom is 0.133 e. The highest BCUT2D eigenvalue weighted by atomic mass is 79.9. The summed E-state index contributed by atoms with van der Waals surface area (Å²) in [6.45, 7) is 2.23. The van der Waals surface area contributed by atoms with Crippen molar-refractivity contribution in [3.8, 4) is 5.75 Å². The summed E-state index contributed by atoms with van der Waals surface area (Å²) in [7, 11) is 0. The summed E-state index contributed by atoms with van der Waals surface area (Å²) in [4.78, 5) is 0. The molecule has 2 atom stereocenters. The quantitative estimate of drug-likeness (QED) is 0.764. The predicted octanol–water partition coefficient (Wildman–Crippen LogP) is 3.90. The normalized spacial score (nSPS) is 29.8. The van der Waals surface area contributed by atoms with Gasteiger partial charge in [-0.1, -0.05) is 6.07 Å². The first-order valence-corrected chi connectivity index (χ1v) is 8.26. The van der Waals surface area contributed by atoms with Crippen LogP contribution in [0.3, 0.4) is 0 Å². The first-order valence-electron chi connectivity index (χ1n) is 6.93. The summed E-state index contributed by atoms with van der Waals surface area (Å²) in [5.41, 5.74) is 0.962. The molecule has 2 aliphatic heterocycles. The molecular formula is C15H18BrClO3. The molecule has 0 saturated carbocycles. The van der Waals surface area contributed by atoms with Crippen molar-refractivity contribution in [2.75, 3.05) is 19.8 Å². The molecule has 1 aromatic carbocycles. The van der Waals surface area contributed by atoms with Crippen LogP contribution in [-0.2, 0) is 15.4 Å². The van der Waals surface area contributed by atoms with Gasteiger partial charge < -0.3 is 14.2 Å². The second-order valence-electron chi connectivity index (χ2n) is 5.47. The summed E-state index contributed by atoms with van der Waals surface area (Å²) in [6.07, 6.45) is 2.98. The van der Waals surface area contributed by atoms with E-state index in [1.54, 1.807) is 0 Å². The molecule has 5 heteroatoms. The number of benzene rings is 1. The van der Waals surface area contributed by atoms with Crippen molar-refractivity contribution in [1.29, 1.82) is 0 Å². The Morgan fingerprint density at radius 2 is 2.30 bits per heavy atom. The monoisotopic (exact) mass is 360 g/mol. The number of halogens is 2. The van der Waals surface area contributed by atoms with Crippen LogP contribution in [0.25, 0.3) is 0 Å². The van der Waals surface area contributed by atoms with Gasteiger partial charge in [-0.3, -0.25) is 0 Å². The molecule has 110 valence electrons. The molecule has 0 bridgehead atoms. The van der Waals surface area contributed by atoms with Crippen molar-refractivity contribution in [3.05, 3.63) is 28.2 Å². The average molecular weight is 362 g/mol. The number of rotatable bonds is 3. The lowest BCUT2D eigenvalue weighted by molar-refractivity contribution is -0.112. The van der Waals surface area contributed by atoms with Gasteiger partial charge >= 0.3 is 0 Å². The van der Waals surface area contributed by atoms with E-state index in [1.807, 2.05) is 18.2 Å².